The van der Waals surface area contributed by atoms with Crippen molar-refractivity contribution in [3.63, 3.8) is 0 Å². The second kappa shape index (κ2) is 11.5. The van der Waals surface area contributed by atoms with Gasteiger partial charge < -0.3 is 19.5 Å². The molecule has 1 heterocycles. The van der Waals surface area contributed by atoms with E-state index in [0.29, 0.717) is 38.7 Å². The smallest absolute Gasteiger partial charge is 0.273 e. The van der Waals surface area contributed by atoms with Gasteiger partial charge in [0.05, 0.1) is 31.5 Å². The summed E-state index contributed by atoms with van der Waals surface area (Å²) >= 11 is 1.06. The number of amides is 1. The number of para-hydroxylation sites is 1. The number of benzene rings is 3. The normalized spacial score (nSPS) is 11.9. The van der Waals surface area contributed by atoms with Gasteiger partial charge in [0, 0.05) is 5.69 Å². The summed E-state index contributed by atoms with van der Waals surface area (Å²) in [5.74, 6) is 1.07. The Bertz CT molecular complexity index is 1710. The van der Waals surface area contributed by atoms with Crippen molar-refractivity contribution >= 4 is 34.6 Å². The Kier molecular flexibility index (Phi) is 7.94. The van der Waals surface area contributed by atoms with Crippen LogP contribution in [0, 0.1) is 18.3 Å². The van der Waals surface area contributed by atoms with Gasteiger partial charge in [-0.1, -0.05) is 24.3 Å². The number of nitrogens with one attached hydrogen (secondary N) is 1. The van der Waals surface area contributed by atoms with Gasteiger partial charge in [-0.25, -0.2) is 0 Å². The molecule has 1 N–H and O–H groups in total. The van der Waals surface area contributed by atoms with E-state index in [2.05, 4.69) is 5.32 Å². The lowest BCUT2D eigenvalue weighted by atomic mass is 10.2. The van der Waals surface area contributed by atoms with Gasteiger partial charge in [0.1, 0.15) is 16.5 Å². The first-order chi connectivity index (χ1) is 18.4. The number of aromatic nitrogens is 1. The minimum Gasteiger partial charge on any atom is -0.497 e. The summed E-state index contributed by atoms with van der Waals surface area (Å²) in [7, 11) is 4.62. The molecule has 0 atom stereocenters. The van der Waals surface area contributed by atoms with E-state index in [1.54, 1.807) is 74.9 Å². The molecule has 0 saturated carbocycles. The highest BCUT2D eigenvalue weighted by atomic mass is 32.1. The molecule has 3 aromatic carbocycles. The molecule has 0 aliphatic rings. The number of methoxy groups -OCH3 is 3. The second-order valence-corrected chi connectivity index (χ2v) is 9.16. The average molecular weight is 528 g/mol. The van der Waals surface area contributed by atoms with Gasteiger partial charge in [-0.3, -0.25) is 14.2 Å². The van der Waals surface area contributed by atoms with Gasteiger partial charge in [-0.15, -0.1) is 11.3 Å². The molecule has 0 spiro atoms. The van der Waals surface area contributed by atoms with Crippen LogP contribution in [-0.2, 0) is 4.79 Å². The molecule has 0 unspecified atom stereocenters. The number of hydrogen-bond donors (Lipinski definition) is 1. The maximum Gasteiger partial charge on any atom is 0.273 e. The molecule has 0 bridgehead atoms. The molecule has 0 saturated heterocycles. The number of nitriles is 1. The molecule has 1 amide bonds. The molecule has 0 aliphatic carbocycles. The SMILES string of the molecule is COc1ccc(-n2c(=O)/c(=C/c3ccc(OC)c(OC)c3)s/c2=C(/C#N)C(=O)Nc2ccccc2C)cc1. The van der Waals surface area contributed by atoms with Crippen molar-refractivity contribution in [2.24, 2.45) is 0 Å². The lowest BCUT2D eigenvalue weighted by Gasteiger charge is -2.08. The molecule has 0 aliphatic heterocycles. The highest BCUT2D eigenvalue weighted by Gasteiger charge is 2.18. The van der Waals surface area contributed by atoms with Crippen LogP contribution in [0.3, 0.4) is 0 Å². The van der Waals surface area contributed by atoms with Gasteiger partial charge in [0.15, 0.2) is 17.1 Å². The summed E-state index contributed by atoms with van der Waals surface area (Å²) in [6.45, 7) is 1.86. The molecule has 9 heteroatoms. The Morgan fingerprint density at radius 1 is 0.974 bits per heavy atom. The Morgan fingerprint density at radius 2 is 1.68 bits per heavy atom. The summed E-state index contributed by atoms with van der Waals surface area (Å²) < 4.78 is 17.8. The van der Waals surface area contributed by atoms with Crippen LogP contribution in [0.2, 0.25) is 0 Å². The van der Waals surface area contributed by atoms with Crippen molar-refractivity contribution in [2.75, 3.05) is 26.6 Å². The largest absolute Gasteiger partial charge is 0.497 e. The van der Waals surface area contributed by atoms with Gasteiger partial charge >= 0.3 is 0 Å². The zero-order valence-corrected chi connectivity index (χ0v) is 22.1. The molecule has 8 nitrogen and oxygen atoms in total. The number of thiazole rings is 1. The Balaban J connectivity index is 1.96. The molecule has 4 aromatic rings. The van der Waals surface area contributed by atoms with Crippen LogP contribution in [0.4, 0.5) is 5.69 Å². The quantitative estimate of drug-likeness (QED) is 0.395. The van der Waals surface area contributed by atoms with Crippen LogP contribution in [0.5, 0.6) is 17.2 Å². The molecule has 38 heavy (non-hydrogen) atoms. The first-order valence-corrected chi connectivity index (χ1v) is 12.3. The number of hydrogen-bond acceptors (Lipinski definition) is 7. The summed E-state index contributed by atoms with van der Waals surface area (Å²) in [5, 5.41) is 12.8. The van der Waals surface area contributed by atoms with E-state index in [-0.39, 0.29) is 15.8 Å². The third-order valence-electron chi connectivity index (χ3n) is 5.81. The van der Waals surface area contributed by atoms with E-state index < -0.39 is 5.91 Å². The monoisotopic (exact) mass is 527 g/mol. The van der Waals surface area contributed by atoms with Crippen LogP contribution >= 0.6 is 11.3 Å². The van der Waals surface area contributed by atoms with Crippen molar-refractivity contribution in [2.45, 2.75) is 6.92 Å². The van der Waals surface area contributed by atoms with E-state index >= 15 is 0 Å². The minimum absolute atomic E-state index is 0.182. The number of aryl methyl sites for hydroxylation is 1. The summed E-state index contributed by atoms with van der Waals surface area (Å²) in [5.41, 5.74) is 2.05. The fraction of sp³-hybridized carbons (Fsp3) is 0.138. The Labute approximate surface area is 223 Å². The predicted octanol–water partition coefficient (Wildman–Crippen LogP) is 3.38. The molecular weight excluding hydrogens is 502 g/mol. The predicted molar refractivity (Wildman–Crippen MR) is 148 cm³/mol. The van der Waals surface area contributed by atoms with Crippen LogP contribution in [0.15, 0.2) is 71.5 Å². The van der Waals surface area contributed by atoms with Crippen molar-refractivity contribution < 1.29 is 19.0 Å². The standard InChI is InChI=1S/C29H25N3O5S/c1-18-7-5-6-8-23(18)31-27(33)22(17-30)29-32(20-10-12-21(35-2)13-11-20)28(34)26(38-29)16-19-9-14-24(36-3)25(15-19)37-4/h5-16H,1-4H3,(H,31,33)/b26-16-,29-22-. The third-order valence-corrected chi connectivity index (χ3v) is 6.90. The van der Waals surface area contributed by atoms with Crippen molar-refractivity contribution in [1.82, 2.24) is 4.57 Å². The van der Waals surface area contributed by atoms with Crippen molar-refractivity contribution in [3.05, 3.63) is 97.4 Å². The highest BCUT2D eigenvalue weighted by Crippen LogP contribution is 2.27. The van der Waals surface area contributed by atoms with Gasteiger partial charge in [0.2, 0.25) is 0 Å². The van der Waals surface area contributed by atoms with E-state index in [9.17, 15) is 14.9 Å². The second-order valence-electron chi connectivity index (χ2n) is 8.12. The first-order valence-electron chi connectivity index (χ1n) is 11.5. The van der Waals surface area contributed by atoms with E-state index in [1.807, 2.05) is 25.1 Å². The first kappa shape index (κ1) is 26.3. The molecule has 0 fully saturated rings. The number of anilines is 1. The lowest BCUT2D eigenvalue weighted by molar-refractivity contribution is -0.111. The fourth-order valence-corrected chi connectivity index (χ4v) is 4.91. The van der Waals surface area contributed by atoms with Crippen LogP contribution < -0.4 is 34.3 Å². The number of carbonyl (C=O) groups excluding carboxylic acids is 1. The lowest BCUT2D eigenvalue weighted by Crippen LogP contribution is -2.32. The number of nitrogens with zero attached hydrogens (tertiary/aromatic N) is 2. The maximum atomic E-state index is 13.7. The maximum absolute atomic E-state index is 13.7. The summed E-state index contributed by atoms with van der Waals surface area (Å²) in [6, 6.07) is 21.4. The third kappa shape index (κ3) is 5.31. The van der Waals surface area contributed by atoms with Crippen LogP contribution in [0.1, 0.15) is 11.1 Å². The topological polar surface area (TPSA) is 103 Å². The van der Waals surface area contributed by atoms with Gasteiger partial charge in [0.25, 0.3) is 11.5 Å². The van der Waals surface area contributed by atoms with Crippen molar-refractivity contribution in [3.8, 4) is 29.0 Å². The Morgan fingerprint density at radius 3 is 2.32 bits per heavy atom. The average Bonchev–Trinajstić information content (AvgIpc) is 3.25. The summed E-state index contributed by atoms with van der Waals surface area (Å²) in [4.78, 5) is 27.0. The van der Waals surface area contributed by atoms with Crippen LogP contribution in [-0.4, -0.2) is 31.8 Å². The Hall–Kier alpha value is -4.81. The molecule has 1 aromatic heterocycles. The van der Waals surface area contributed by atoms with Gasteiger partial charge in [-0.2, -0.15) is 5.26 Å². The number of carbonyl (C=O) groups is 1. The minimum atomic E-state index is -0.608. The molecule has 0 radical (unpaired) electrons. The van der Waals surface area contributed by atoms with Crippen LogP contribution in [0.25, 0.3) is 17.3 Å². The number of ether oxygens (including phenoxy) is 3. The zero-order valence-electron chi connectivity index (χ0n) is 21.3. The number of rotatable bonds is 7. The van der Waals surface area contributed by atoms with Crippen molar-refractivity contribution in [1.29, 1.82) is 5.26 Å². The van der Waals surface area contributed by atoms with E-state index in [0.717, 1.165) is 16.9 Å². The molecule has 192 valence electrons. The van der Waals surface area contributed by atoms with E-state index in [1.165, 1.54) is 11.7 Å². The highest BCUT2D eigenvalue weighted by molar-refractivity contribution is 7.07. The van der Waals surface area contributed by atoms with E-state index in [4.69, 9.17) is 14.2 Å². The molecule has 4 rings (SSSR count). The molecular formula is C29H25N3O5S. The summed E-state index contributed by atoms with van der Waals surface area (Å²) in [6.07, 6.45) is 1.69. The zero-order chi connectivity index (χ0) is 27.2. The van der Waals surface area contributed by atoms with Gasteiger partial charge in [-0.05, 0) is 66.6 Å². The fourth-order valence-electron chi connectivity index (χ4n) is 3.80.